The molecule has 1 N–H and O–H groups in total. The molecule has 5 nitrogen and oxygen atoms in total. The van der Waals surface area contributed by atoms with E-state index in [4.69, 9.17) is 4.74 Å². The Morgan fingerprint density at radius 1 is 1.28 bits per heavy atom. The summed E-state index contributed by atoms with van der Waals surface area (Å²) < 4.78 is 9.84. The third-order valence-electron chi connectivity index (χ3n) is 2.27. The van der Waals surface area contributed by atoms with Gasteiger partial charge in [-0.1, -0.05) is 12.1 Å². The van der Waals surface area contributed by atoms with E-state index in [-0.39, 0.29) is 24.8 Å². The predicted molar refractivity (Wildman–Crippen MR) is 66.6 cm³/mol. The average molecular weight is 251 g/mol. The zero-order valence-electron chi connectivity index (χ0n) is 10.6. The number of esters is 1. The molecule has 98 valence electrons. The van der Waals surface area contributed by atoms with Gasteiger partial charge in [0.25, 0.3) is 5.91 Å². The van der Waals surface area contributed by atoms with Crippen LogP contribution in [0.3, 0.4) is 0 Å². The van der Waals surface area contributed by atoms with Crippen LogP contribution in [-0.4, -0.2) is 32.1 Å². The summed E-state index contributed by atoms with van der Waals surface area (Å²) in [6.07, 6.45) is 0.152. The number of benzene rings is 1. The van der Waals surface area contributed by atoms with E-state index in [9.17, 15) is 9.59 Å². The molecule has 0 saturated carbocycles. The molecule has 0 spiro atoms. The molecular formula is C13H17NO4. The van der Waals surface area contributed by atoms with Crippen molar-refractivity contribution in [2.45, 2.75) is 13.3 Å². The van der Waals surface area contributed by atoms with E-state index < -0.39 is 0 Å². The fourth-order valence-electron chi connectivity index (χ4n) is 1.41. The smallest absolute Gasteiger partial charge is 0.307 e. The summed E-state index contributed by atoms with van der Waals surface area (Å²) in [4.78, 5) is 22.8. The second-order valence-electron chi connectivity index (χ2n) is 3.51. The van der Waals surface area contributed by atoms with Crippen molar-refractivity contribution in [3.63, 3.8) is 0 Å². The Morgan fingerprint density at radius 3 is 2.67 bits per heavy atom. The van der Waals surface area contributed by atoms with Crippen LogP contribution in [0.15, 0.2) is 24.3 Å². The maximum Gasteiger partial charge on any atom is 0.307 e. The molecule has 0 radical (unpaired) electrons. The largest absolute Gasteiger partial charge is 0.493 e. The first-order valence-corrected chi connectivity index (χ1v) is 5.75. The van der Waals surface area contributed by atoms with E-state index in [0.717, 1.165) is 0 Å². The third-order valence-corrected chi connectivity index (χ3v) is 2.27. The summed E-state index contributed by atoms with van der Waals surface area (Å²) in [5.41, 5.74) is 0.462. The second-order valence-corrected chi connectivity index (χ2v) is 3.51. The van der Waals surface area contributed by atoms with Crippen LogP contribution in [0.2, 0.25) is 0 Å². The normalized spacial score (nSPS) is 9.67. The molecule has 0 fully saturated rings. The number of amides is 1. The lowest BCUT2D eigenvalue weighted by molar-refractivity contribution is -0.140. The van der Waals surface area contributed by atoms with Gasteiger partial charge in [0, 0.05) is 6.54 Å². The molecular weight excluding hydrogens is 234 g/mol. The van der Waals surface area contributed by atoms with Gasteiger partial charge in [-0.3, -0.25) is 9.59 Å². The highest BCUT2D eigenvalue weighted by Crippen LogP contribution is 2.17. The van der Waals surface area contributed by atoms with E-state index in [1.807, 2.05) is 6.92 Å². The number of carbonyl (C=O) groups excluding carboxylic acids is 2. The SMILES string of the molecule is CCOc1ccccc1C(=O)NCCC(=O)OC. The van der Waals surface area contributed by atoms with Crippen molar-refractivity contribution < 1.29 is 19.1 Å². The summed E-state index contributed by atoms with van der Waals surface area (Å²) in [6, 6.07) is 6.98. The highest BCUT2D eigenvalue weighted by Gasteiger charge is 2.11. The number of rotatable bonds is 6. The van der Waals surface area contributed by atoms with Crippen molar-refractivity contribution in [1.82, 2.24) is 5.32 Å². The van der Waals surface area contributed by atoms with E-state index in [1.165, 1.54) is 7.11 Å². The fourth-order valence-corrected chi connectivity index (χ4v) is 1.41. The molecule has 0 atom stereocenters. The number of para-hydroxylation sites is 1. The topological polar surface area (TPSA) is 64.6 Å². The predicted octanol–water partition coefficient (Wildman–Crippen LogP) is 1.38. The molecule has 0 aliphatic carbocycles. The van der Waals surface area contributed by atoms with Crippen LogP contribution in [-0.2, 0) is 9.53 Å². The van der Waals surface area contributed by atoms with Crippen LogP contribution in [0.4, 0.5) is 0 Å². The van der Waals surface area contributed by atoms with Crippen LogP contribution in [0.25, 0.3) is 0 Å². The minimum absolute atomic E-state index is 0.152. The number of hydrogen-bond acceptors (Lipinski definition) is 4. The first-order chi connectivity index (χ1) is 8.69. The van der Waals surface area contributed by atoms with Gasteiger partial charge in [-0.15, -0.1) is 0 Å². The molecule has 18 heavy (non-hydrogen) atoms. The maximum atomic E-state index is 11.9. The van der Waals surface area contributed by atoms with Gasteiger partial charge >= 0.3 is 5.97 Å². The lowest BCUT2D eigenvalue weighted by atomic mass is 10.2. The molecule has 5 heteroatoms. The Hall–Kier alpha value is -2.04. The van der Waals surface area contributed by atoms with Crippen LogP contribution in [0, 0.1) is 0 Å². The van der Waals surface area contributed by atoms with Gasteiger partial charge in [-0.2, -0.15) is 0 Å². The Morgan fingerprint density at radius 2 is 2.00 bits per heavy atom. The fraction of sp³-hybridized carbons (Fsp3) is 0.385. The number of carbonyl (C=O) groups is 2. The van der Waals surface area contributed by atoms with Gasteiger partial charge in [-0.25, -0.2) is 0 Å². The number of ether oxygens (including phenoxy) is 2. The lowest BCUT2D eigenvalue weighted by Crippen LogP contribution is -2.26. The van der Waals surface area contributed by atoms with Gasteiger partial charge in [0.1, 0.15) is 5.75 Å². The molecule has 1 amide bonds. The van der Waals surface area contributed by atoms with Crippen LogP contribution < -0.4 is 10.1 Å². The Labute approximate surface area is 106 Å². The minimum atomic E-state index is -0.353. The van der Waals surface area contributed by atoms with E-state index in [1.54, 1.807) is 24.3 Å². The first-order valence-electron chi connectivity index (χ1n) is 5.75. The summed E-state index contributed by atoms with van der Waals surface area (Å²) >= 11 is 0. The zero-order valence-corrected chi connectivity index (χ0v) is 10.6. The molecule has 0 unspecified atom stereocenters. The third kappa shape index (κ3) is 4.08. The van der Waals surface area contributed by atoms with Crippen molar-refractivity contribution in [1.29, 1.82) is 0 Å². The Bertz CT molecular complexity index is 417. The molecule has 0 aliphatic rings. The molecule has 0 heterocycles. The van der Waals surface area contributed by atoms with Crippen molar-refractivity contribution >= 4 is 11.9 Å². The molecule has 0 aromatic heterocycles. The molecule has 1 aromatic carbocycles. The summed E-state index contributed by atoms with van der Waals surface area (Å²) in [6.45, 7) is 2.59. The van der Waals surface area contributed by atoms with Gasteiger partial charge in [0.05, 0.1) is 25.7 Å². The van der Waals surface area contributed by atoms with Crippen LogP contribution in [0.1, 0.15) is 23.7 Å². The average Bonchev–Trinajstić information content (AvgIpc) is 2.39. The second kappa shape index (κ2) is 7.32. The minimum Gasteiger partial charge on any atom is -0.493 e. The van der Waals surface area contributed by atoms with Crippen LogP contribution in [0.5, 0.6) is 5.75 Å². The maximum absolute atomic E-state index is 11.9. The van der Waals surface area contributed by atoms with Gasteiger partial charge < -0.3 is 14.8 Å². The Kier molecular flexibility index (Phi) is 5.70. The van der Waals surface area contributed by atoms with E-state index in [2.05, 4.69) is 10.1 Å². The van der Waals surface area contributed by atoms with Crippen molar-refractivity contribution in [2.75, 3.05) is 20.3 Å². The summed E-state index contributed by atoms with van der Waals surface area (Å²) in [5.74, 6) is -0.0769. The highest BCUT2D eigenvalue weighted by molar-refractivity contribution is 5.97. The molecule has 0 saturated heterocycles. The van der Waals surface area contributed by atoms with Gasteiger partial charge in [0.15, 0.2) is 0 Å². The molecule has 0 aliphatic heterocycles. The highest BCUT2D eigenvalue weighted by atomic mass is 16.5. The number of methoxy groups -OCH3 is 1. The quantitative estimate of drug-likeness (QED) is 0.776. The Balaban J connectivity index is 2.58. The lowest BCUT2D eigenvalue weighted by Gasteiger charge is -2.09. The van der Waals surface area contributed by atoms with Crippen LogP contribution >= 0.6 is 0 Å². The summed E-state index contributed by atoms with van der Waals surface area (Å²) in [5, 5.41) is 2.64. The van der Waals surface area contributed by atoms with E-state index in [0.29, 0.717) is 17.9 Å². The van der Waals surface area contributed by atoms with E-state index >= 15 is 0 Å². The van der Waals surface area contributed by atoms with Gasteiger partial charge in [-0.05, 0) is 19.1 Å². The standard InChI is InChI=1S/C13H17NO4/c1-3-18-11-7-5-4-6-10(11)13(16)14-9-8-12(15)17-2/h4-7H,3,8-9H2,1-2H3,(H,14,16). The van der Waals surface area contributed by atoms with Crippen molar-refractivity contribution in [3.8, 4) is 5.75 Å². The molecule has 1 rings (SSSR count). The monoisotopic (exact) mass is 251 g/mol. The van der Waals surface area contributed by atoms with Gasteiger partial charge in [0.2, 0.25) is 0 Å². The summed E-state index contributed by atoms with van der Waals surface area (Å²) in [7, 11) is 1.31. The van der Waals surface area contributed by atoms with Crippen molar-refractivity contribution in [3.05, 3.63) is 29.8 Å². The number of hydrogen-bond donors (Lipinski definition) is 1. The van der Waals surface area contributed by atoms with Crippen molar-refractivity contribution in [2.24, 2.45) is 0 Å². The first kappa shape index (κ1) is 14.0. The number of nitrogens with one attached hydrogen (secondary N) is 1. The zero-order chi connectivity index (χ0) is 13.4. The molecule has 0 bridgehead atoms. The molecule has 1 aromatic rings.